The molecule has 1 atom stereocenters. The molecule has 21 heavy (non-hydrogen) atoms. The zero-order valence-electron chi connectivity index (χ0n) is 12.4. The van der Waals surface area contributed by atoms with Crippen molar-refractivity contribution in [3.8, 4) is 5.75 Å². The molecule has 118 valence electrons. The second-order valence-corrected chi connectivity index (χ2v) is 5.11. The van der Waals surface area contributed by atoms with Crippen molar-refractivity contribution in [1.29, 1.82) is 0 Å². The molecule has 4 nitrogen and oxygen atoms in total. The number of hydrogen-bond donors (Lipinski definition) is 1. The molecule has 0 aromatic heterocycles. The Hall–Kier alpha value is -1.33. The number of carbonyl (C=O) groups is 1. The Bertz CT molecular complexity index is 485. The van der Waals surface area contributed by atoms with E-state index in [2.05, 4.69) is 5.32 Å². The van der Waals surface area contributed by atoms with Crippen molar-refractivity contribution >= 4 is 18.3 Å². The topological polar surface area (TPSA) is 41.6 Å². The standard InChI is InChI=1S/C15H21FN2O2.ClH/c1-11-10-17-7-8-18(11)15(19)6-4-12-3-5-14(20-2)13(16)9-12;/h3,5,9,11,17H,4,6-8,10H2,1-2H3;1H/t11-;/m0./s1. The van der Waals surface area contributed by atoms with E-state index in [4.69, 9.17) is 4.74 Å². The number of carbonyl (C=O) groups excluding carboxylic acids is 1. The van der Waals surface area contributed by atoms with Crippen LogP contribution in [0.3, 0.4) is 0 Å². The van der Waals surface area contributed by atoms with Crippen LogP contribution >= 0.6 is 12.4 Å². The number of aryl methyl sites for hydroxylation is 1. The quantitative estimate of drug-likeness (QED) is 0.924. The van der Waals surface area contributed by atoms with Crippen LogP contribution in [0.15, 0.2) is 18.2 Å². The van der Waals surface area contributed by atoms with Crippen molar-refractivity contribution in [3.05, 3.63) is 29.6 Å². The molecule has 0 bridgehead atoms. The van der Waals surface area contributed by atoms with Gasteiger partial charge in [-0.2, -0.15) is 0 Å². The average Bonchev–Trinajstić information content (AvgIpc) is 2.45. The Morgan fingerprint density at radius 1 is 1.52 bits per heavy atom. The lowest BCUT2D eigenvalue weighted by atomic mass is 10.1. The number of ether oxygens (including phenoxy) is 1. The minimum absolute atomic E-state index is 0. The van der Waals surface area contributed by atoms with Gasteiger partial charge in [0.25, 0.3) is 0 Å². The van der Waals surface area contributed by atoms with E-state index in [0.29, 0.717) is 12.8 Å². The summed E-state index contributed by atoms with van der Waals surface area (Å²) >= 11 is 0. The molecule has 0 aliphatic carbocycles. The van der Waals surface area contributed by atoms with Gasteiger partial charge in [0.1, 0.15) is 0 Å². The highest BCUT2D eigenvalue weighted by atomic mass is 35.5. The van der Waals surface area contributed by atoms with Crippen LogP contribution in [-0.2, 0) is 11.2 Å². The monoisotopic (exact) mass is 316 g/mol. The summed E-state index contributed by atoms with van der Waals surface area (Å²) in [4.78, 5) is 14.1. The predicted octanol–water partition coefficient (Wildman–Crippen LogP) is 2.01. The van der Waals surface area contributed by atoms with Crippen LogP contribution in [0.2, 0.25) is 0 Å². The van der Waals surface area contributed by atoms with Gasteiger partial charge in [-0.05, 0) is 31.0 Å². The van der Waals surface area contributed by atoms with Crippen LogP contribution in [-0.4, -0.2) is 43.6 Å². The maximum atomic E-state index is 13.6. The van der Waals surface area contributed by atoms with E-state index >= 15 is 0 Å². The van der Waals surface area contributed by atoms with E-state index in [1.165, 1.54) is 13.2 Å². The minimum Gasteiger partial charge on any atom is -0.494 e. The van der Waals surface area contributed by atoms with Gasteiger partial charge in [0.05, 0.1) is 7.11 Å². The van der Waals surface area contributed by atoms with Gasteiger partial charge in [-0.3, -0.25) is 4.79 Å². The van der Waals surface area contributed by atoms with Gasteiger partial charge >= 0.3 is 0 Å². The summed E-state index contributed by atoms with van der Waals surface area (Å²) in [6.07, 6.45) is 0.965. The molecule has 1 aromatic carbocycles. The van der Waals surface area contributed by atoms with Gasteiger partial charge in [-0.1, -0.05) is 6.07 Å². The first-order valence-corrected chi connectivity index (χ1v) is 6.94. The molecule has 0 spiro atoms. The van der Waals surface area contributed by atoms with E-state index < -0.39 is 0 Å². The van der Waals surface area contributed by atoms with Crippen molar-refractivity contribution in [2.45, 2.75) is 25.8 Å². The number of methoxy groups -OCH3 is 1. The number of piperazine rings is 1. The molecule has 1 saturated heterocycles. The summed E-state index contributed by atoms with van der Waals surface area (Å²) in [7, 11) is 1.44. The Morgan fingerprint density at radius 3 is 2.90 bits per heavy atom. The molecule has 1 N–H and O–H groups in total. The van der Waals surface area contributed by atoms with Crippen LogP contribution in [0.4, 0.5) is 4.39 Å². The molecule has 1 aromatic rings. The number of benzene rings is 1. The SMILES string of the molecule is COc1ccc(CCC(=O)N2CCNC[C@@H]2C)cc1F.Cl. The number of halogens is 2. The van der Waals surface area contributed by atoms with Crippen molar-refractivity contribution in [2.75, 3.05) is 26.7 Å². The second kappa shape index (κ2) is 8.20. The number of rotatable bonds is 4. The normalized spacial score (nSPS) is 18.0. The Balaban J connectivity index is 0.00000220. The van der Waals surface area contributed by atoms with Crippen LogP contribution < -0.4 is 10.1 Å². The number of hydrogen-bond acceptors (Lipinski definition) is 3. The summed E-state index contributed by atoms with van der Waals surface area (Å²) in [5.74, 6) is -0.0148. The lowest BCUT2D eigenvalue weighted by Gasteiger charge is -2.34. The summed E-state index contributed by atoms with van der Waals surface area (Å²) in [5, 5.41) is 3.26. The molecule has 0 saturated carbocycles. The van der Waals surface area contributed by atoms with Crippen LogP contribution in [0.5, 0.6) is 5.75 Å². The first-order valence-electron chi connectivity index (χ1n) is 6.94. The Labute approximate surface area is 131 Å². The highest BCUT2D eigenvalue weighted by Crippen LogP contribution is 2.19. The van der Waals surface area contributed by atoms with E-state index in [-0.39, 0.29) is 35.9 Å². The van der Waals surface area contributed by atoms with Gasteiger partial charge in [0.15, 0.2) is 11.6 Å². The molecule has 1 aliphatic rings. The van der Waals surface area contributed by atoms with E-state index in [0.717, 1.165) is 25.2 Å². The van der Waals surface area contributed by atoms with Crippen LogP contribution in [0.1, 0.15) is 18.9 Å². The fourth-order valence-electron chi connectivity index (χ4n) is 2.47. The van der Waals surface area contributed by atoms with Gasteiger partial charge < -0.3 is 15.0 Å². The van der Waals surface area contributed by atoms with Crippen molar-refractivity contribution in [3.63, 3.8) is 0 Å². The van der Waals surface area contributed by atoms with Gasteiger partial charge in [0.2, 0.25) is 5.91 Å². The second-order valence-electron chi connectivity index (χ2n) is 5.11. The zero-order valence-corrected chi connectivity index (χ0v) is 13.2. The Morgan fingerprint density at radius 2 is 2.29 bits per heavy atom. The number of amides is 1. The van der Waals surface area contributed by atoms with Crippen molar-refractivity contribution < 1.29 is 13.9 Å². The lowest BCUT2D eigenvalue weighted by molar-refractivity contribution is -0.133. The fraction of sp³-hybridized carbons (Fsp3) is 0.533. The molecule has 2 rings (SSSR count). The predicted molar refractivity (Wildman–Crippen MR) is 82.6 cm³/mol. The lowest BCUT2D eigenvalue weighted by Crippen LogP contribution is -2.52. The van der Waals surface area contributed by atoms with Gasteiger partial charge in [-0.25, -0.2) is 4.39 Å². The number of nitrogens with zero attached hydrogens (tertiary/aromatic N) is 1. The fourth-order valence-corrected chi connectivity index (χ4v) is 2.47. The first-order chi connectivity index (χ1) is 9.61. The minimum atomic E-state index is -0.381. The third-order valence-corrected chi connectivity index (χ3v) is 3.67. The van der Waals surface area contributed by atoms with E-state index in [1.807, 2.05) is 11.8 Å². The summed E-state index contributed by atoms with van der Waals surface area (Å²) in [5.41, 5.74) is 0.819. The largest absolute Gasteiger partial charge is 0.494 e. The molecule has 6 heteroatoms. The zero-order chi connectivity index (χ0) is 14.5. The molecule has 1 heterocycles. The van der Waals surface area contributed by atoms with Crippen LogP contribution in [0.25, 0.3) is 0 Å². The highest BCUT2D eigenvalue weighted by molar-refractivity contribution is 5.85. The average molecular weight is 317 g/mol. The third-order valence-electron chi connectivity index (χ3n) is 3.67. The third kappa shape index (κ3) is 4.58. The molecule has 1 amide bonds. The molecular formula is C15H22ClFN2O2. The Kier molecular flexibility index (Phi) is 6.92. The molecule has 1 fully saturated rings. The summed E-state index contributed by atoms with van der Waals surface area (Å²) in [6, 6.07) is 5.07. The number of nitrogens with one attached hydrogen (secondary N) is 1. The van der Waals surface area contributed by atoms with Gasteiger partial charge in [0, 0.05) is 32.1 Å². The maximum absolute atomic E-state index is 13.6. The van der Waals surface area contributed by atoms with Crippen molar-refractivity contribution in [1.82, 2.24) is 10.2 Å². The maximum Gasteiger partial charge on any atom is 0.223 e. The highest BCUT2D eigenvalue weighted by Gasteiger charge is 2.22. The molecular weight excluding hydrogens is 295 g/mol. The smallest absolute Gasteiger partial charge is 0.223 e. The molecule has 0 unspecified atom stereocenters. The molecule has 0 radical (unpaired) electrons. The van der Waals surface area contributed by atoms with E-state index in [1.54, 1.807) is 12.1 Å². The van der Waals surface area contributed by atoms with Gasteiger partial charge in [-0.15, -0.1) is 12.4 Å². The van der Waals surface area contributed by atoms with E-state index in [9.17, 15) is 9.18 Å². The summed E-state index contributed by atoms with van der Waals surface area (Å²) < 4.78 is 18.4. The van der Waals surface area contributed by atoms with Crippen LogP contribution in [0, 0.1) is 5.82 Å². The van der Waals surface area contributed by atoms with Crippen molar-refractivity contribution in [2.24, 2.45) is 0 Å². The first kappa shape index (κ1) is 17.7. The summed E-state index contributed by atoms with van der Waals surface area (Å²) in [6.45, 7) is 4.46. The molecule has 1 aliphatic heterocycles.